The molecule has 4 fully saturated rings. The molecule has 9 heteroatoms. The first-order valence-corrected chi connectivity index (χ1v) is 19.1. The molecule has 2 spiro atoms. The van der Waals surface area contributed by atoms with E-state index in [2.05, 4.69) is 44.9 Å². The number of anilines is 1. The summed E-state index contributed by atoms with van der Waals surface area (Å²) in [5.74, 6) is -2.21. The molecule has 5 atom stereocenters. The van der Waals surface area contributed by atoms with Gasteiger partial charge in [-0.25, -0.2) is 4.98 Å². The van der Waals surface area contributed by atoms with Crippen molar-refractivity contribution >= 4 is 35.0 Å². The maximum atomic E-state index is 14.9. The summed E-state index contributed by atoms with van der Waals surface area (Å²) in [5, 5.41) is 3.39. The number of nitrogens with one attached hydrogen (secondary N) is 1. The number of fused-ring (bicyclic) bond motifs is 1. The van der Waals surface area contributed by atoms with Crippen LogP contribution in [-0.2, 0) is 24.0 Å². The quantitative estimate of drug-likeness (QED) is 0.193. The molecular weight excluding hydrogens is 628 g/mol. The topological polar surface area (TPSA) is 140 Å². The first kappa shape index (κ1) is 38.1. The van der Waals surface area contributed by atoms with Gasteiger partial charge in [-0.2, -0.15) is 0 Å². The van der Waals surface area contributed by atoms with Crippen molar-refractivity contribution in [3.05, 3.63) is 24.4 Å². The Labute approximate surface area is 299 Å². The van der Waals surface area contributed by atoms with E-state index < -0.39 is 35.0 Å². The summed E-state index contributed by atoms with van der Waals surface area (Å²) in [6.45, 7) is 18.0. The Balaban J connectivity index is 1.38. The molecule has 1 aromatic rings. The monoisotopic (exact) mass is 690 g/mol. The minimum atomic E-state index is -0.996. The van der Waals surface area contributed by atoms with Crippen LogP contribution in [0.15, 0.2) is 24.4 Å². The van der Waals surface area contributed by atoms with Crippen LogP contribution in [-0.4, -0.2) is 58.2 Å². The molecule has 1 unspecified atom stereocenters. The van der Waals surface area contributed by atoms with Gasteiger partial charge in [-0.1, -0.05) is 87.1 Å². The summed E-state index contributed by atoms with van der Waals surface area (Å²) < 4.78 is 0. The third kappa shape index (κ3) is 7.04. The van der Waals surface area contributed by atoms with Gasteiger partial charge in [0.2, 0.25) is 11.7 Å². The van der Waals surface area contributed by atoms with Crippen LogP contribution in [0, 0.1) is 50.7 Å². The number of carbonyl (C=O) groups is 5. The lowest BCUT2D eigenvalue weighted by molar-refractivity contribution is -0.147. The highest BCUT2D eigenvalue weighted by atomic mass is 16.2. The van der Waals surface area contributed by atoms with E-state index in [1.165, 1.54) is 0 Å². The second kappa shape index (κ2) is 13.8. The lowest BCUT2D eigenvalue weighted by Crippen LogP contribution is -2.48. The van der Waals surface area contributed by atoms with Crippen molar-refractivity contribution in [1.29, 1.82) is 0 Å². The van der Waals surface area contributed by atoms with Crippen molar-refractivity contribution in [2.45, 2.75) is 132 Å². The van der Waals surface area contributed by atoms with Crippen LogP contribution in [0.4, 0.5) is 5.82 Å². The number of rotatable bonds is 15. The molecule has 0 radical (unpaired) electrons. The standard InChI is InChI=1S/C41H62N4O5/c1-37(2,3)28(24-44-33-15-9-10-18-43-33)21-29(46)22-30(38(4,5)6)36(50)45-25-41(39(7,8)40(41)16-12-17-40)23-31(45)32(47)20-27(34(48)35(42)49)19-26-13-11-14-26/h9-10,15,18,26-28,30-31H,11-14,16-17,19-25H2,1-8H3,(H2,42,49)(H,43,44)/t27?,28-,30-,31+,41-/m1/s1. The van der Waals surface area contributed by atoms with Crippen LogP contribution in [0.3, 0.4) is 0 Å². The van der Waals surface area contributed by atoms with Crippen LogP contribution in [0.5, 0.6) is 0 Å². The summed E-state index contributed by atoms with van der Waals surface area (Å²) in [6.07, 6.45) is 9.53. The minimum absolute atomic E-state index is 0.0123. The molecular formula is C41H62N4O5. The Morgan fingerprint density at radius 3 is 2.10 bits per heavy atom. The zero-order valence-corrected chi connectivity index (χ0v) is 31.9. The first-order valence-electron chi connectivity index (χ1n) is 19.1. The number of aromatic nitrogens is 1. The first-order chi connectivity index (χ1) is 23.2. The van der Waals surface area contributed by atoms with Crippen LogP contribution in [0.25, 0.3) is 0 Å². The molecule has 1 aromatic heterocycles. The second-order valence-corrected chi connectivity index (χ2v) is 19.0. The van der Waals surface area contributed by atoms with Gasteiger partial charge in [0.1, 0.15) is 11.6 Å². The number of ketones is 3. The Hall–Kier alpha value is -3.10. The average molecular weight is 691 g/mol. The predicted octanol–water partition coefficient (Wildman–Crippen LogP) is 6.78. The van der Waals surface area contributed by atoms with E-state index in [9.17, 15) is 24.0 Å². The highest BCUT2D eigenvalue weighted by Gasteiger charge is 2.85. The number of nitrogens with zero attached hydrogens (tertiary/aromatic N) is 2. The lowest BCUT2D eigenvalue weighted by Gasteiger charge is -2.36. The molecule has 4 aliphatic rings. The molecule has 3 saturated carbocycles. The summed E-state index contributed by atoms with van der Waals surface area (Å²) in [6, 6.07) is 5.01. The number of hydrogen-bond acceptors (Lipinski definition) is 7. The molecule has 5 rings (SSSR count). The van der Waals surface area contributed by atoms with E-state index >= 15 is 0 Å². The minimum Gasteiger partial charge on any atom is -0.370 e. The van der Waals surface area contributed by atoms with E-state index in [0.717, 1.165) is 44.3 Å². The number of nitrogens with two attached hydrogens (primary N) is 1. The van der Waals surface area contributed by atoms with Gasteiger partial charge in [0.15, 0.2) is 5.78 Å². The van der Waals surface area contributed by atoms with E-state index in [0.29, 0.717) is 38.3 Å². The Kier molecular flexibility index (Phi) is 10.5. The lowest BCUT2D eigenvalue weighted by atomic mass is 9.73. The highest BCUT2D eigenvalue weighted by Crippen LogP contribution is 2.88. The summed E-state index contributed by atoms with van der Waals surface area (Å²) >= 11 is 0. The van der Waals surface area contributed by atoms with Gasteiger partial charge >= 0.3 is 0 Å². The van der Waals surface area contributed by atoms with Crippen LogP contribution in [0.2, 0.25) is 0 Å². The van der Waals surface area contributed by atoms with Gasteiger partial charge in [-0.15, -0.1) is 0 Å². The Morgan fingerprint density at radius 1 is 0.940 bits per heavy atom. The van der Waals surface area contributed by atoms with Crippen LogP contribution < -0.4 is 11.1 Å². The molecule has 2 amide bonds. The van der Waals surface area contributed by atoms with Gasteiger partial charge < -0.3 is 16.0 Å². The third-order valence-electron chi connectivity index (χ3n) is 14.0. The van der Waals surface area contributed by atoms with E-state index in [-0.39, 0.29) is 57.9 Å². The van der Waals surface area contributed by atoms with Gasteiger partial charge in [-0.05, 0) is 71.3 Å². The summed E-state index contributed by atoms with van der Waals surface area (Å²) in [7, 11) is 0. The molecule has 0 bridgehead atoms. The Morgan fingerprint density at radius 2 is 1.62 bits per heavy atom. The third-order valence-corrected chi connectivity index (χ3v) is 14.0. The van der Waals surface area contributed by atoms with Crippen molar-refractivity contribution in [2.24, 2.45) is 56.5 Å². The fourth-order valence-electron chi connectivity index (χ4n) is 10.0. The molecule has 2 heterocycles. The summed E-state index contributed by atoms with van der Waals surface area (Å²) in [4.78, 5) is 74.5. The van der Waals surface area contributed by atoms with Crippen molar-refractivity contribution in [3.63, 3.8) is 0 Å². The molecule has 9 nitrogen and oxygen atoms in total. The maximum Gasteiger partial charge on any atom is 0.285 e. The van der Waals surface area contributed by atoms with Gasteiger partial charge in [0.25, 0.3) is 5.91 Å². The molecule has 1 aliphatic heterocycles. The molecule has 50 heavy (non-hydrogen) atoms. The van der Waals surface area contributed by atoms with Gasteiger partial charge in [0.05, 0.1) is 6.04 Å². The number of pyridine rings is 1. The SMILES string of the molecule is CC(C)(C)[C@@H](CNc1ccccn1)CC(=O)C[C@H](C(=O)N1C[C@]2(C[C@H]1C(=O)CC(CC1CCC1)C(=O)C(N)=O)C(C)(C)C21CCC1)C(C)(C)C. The normalized spacial score (nSPS) is 25.7. The number of amides is 2. The predicted molar refractivity (Wildman–Crippen MR) is 195 cm³/mol. The number of hydrogen-bond donors (Lipinski definition) is 2. The number of carbonyl (C=O) groups excluding carboxylic acids is 5. The molecule has 1 saturated heterocycles. The van der Waals surface area contributed by atoms with E-state index in [1.54, 1.807) is 11.1 Å². The van der Waals surface area contributed by atoms with E-state index in [4.69, 9.17) is 5.73 Å². The number of primary amides is 1. The fraction of sp³-hybridized carbons (Fsp3) is 0.756. The molecule has 276 valence electrons. The van der Waals surface area contributed by atoms with Gasteiger partial charge in [-0.3, -0.25) is 24.0 Å². The van der Waals surface area contributed by atoms with Crippen molar-refractivity contribution in [3.8, 4) is 0 Å². The van der Waals surface area contributed by atoms with E-state index in [1.807, 2.05) is 39.0 Å². The van der Waals surface area contributed by atoms with Crippen molar-refractivity contribution in [1.82, 2.24) is 9.88 Å². The number of likely N-dealkylation sites (tertiary alicyclic amines) is 1. The zero-order chi connectivity index (χ0) is 36.9. The highest BCUT2D eigenvalue weighted by molar-refractivity contribution is 6.36. The maximum absolute atomic E-state index is 14.9. The zero-order valence-electron chi connectivity index (χ0n) is 31.9. The molecule has 0 aromatic carbocycles. The van der Waals surface area contributed by atoms with Crippen LogP contribution in [0.1, 0.15) is 126 Å². The van der Waals surface area contributed by atoms with Gasteiger partial charge in [0, 0.05) is 55.8 Å². The second-order valence-electron chi connectivity index (χ2n) is 19.0. The fourth-order valence-corrected chi connectivity index (χ4v) is 10.0. The largest absolute Gasteiger partial charge is 0.370 e. The van der Waals surface area contributed by atoms with Crippen LogP contribution >= 0.6 is 0 Å². The Bertz CT molecular complexity index is 1470. The molecule has 3 N–H and O–H groups in total. The average Bonchev–Trinajstić information content (AvgIpc) is 3.21. The smallest absolute Gasteiger partial charge is 0.285 e. The molecule has 3 aliphatic carbocycles. The van der Waals surface area contributed by atoms with Crippen molar-refractivity contribution < 1.29 is 24.0 Å². The number of Topliss-reactive ketones (excluding diaryl/α,β-unsaturated/α-hetero) is 3. The summed E-state index contributed by atoms with van der Waals surface area (Å²) in [5.41, 5.74) is 4.69. The van der Waals surface area contributed by atoms with Crippen molar-refractivity contribution in [2.75, 3.05) is 18.4 Å².